The second-order valence-corrected chi connectivity index (χ2v) is 10.3. The molecule has 0 aromatic heterocycles. The number of anilines is 1. The second kappa shape index (κ2) is 10.8. The standard InChI is InChI=1S/C27H30N2O5S/c1-3-7-21-11-13-22(14-12-21)33-17-16-28-27(30)26-19-29(24-15-10-20(2)18-25(24)34-26)35(31,32)23-8-5-4-6-9-23/h4-6,8-15,18,26H,3,7,16-17,19H2,1-2H3,(H,28,30)/t26-/m0/s1. The van der Waals surface area contributed by atoms with Crippen molar-refractivity contribution in [2.24, 2.45) is 0 Å². The first kappa shape index (κ1) is 24.6. The summed E-state index contributed by atoms with van der Waals surface area (Å²) in [4.78, 5) is 13.1. The molecule has 0 saturated carbocycles. The normalized spacial score (nSPS) is 15.1. The first-order chi connectivity index (χ1) is 16.9. The molecule has 0 radical (unpaired) electrons. The van der Waals surface area contributed by atoms with Crippen LogP contribution in [0.5, 0.6) is 11.5 Å². The Bertz CT molecular complexity index is 1260. The maximum atomic E-state index is 13.4. The van der Waals surface area contributed by atoms with Crippen LogP contribution in [-0.4, -0.2) is 40.1 Å². The highest BCUT2D eigenvalue weighted by molar-refractivity contribution is 7.92. The van der Waals surface area contributed by atoms with Gasteiger partial charge in [0.05, 0.1) is 23.7 Å². The number of fused-ring (bicyclic) bond motifs is 1. The minimum Gasteiger partial charge on any atom is -0.492 e. The zero-order valence-electron chi connectivity index (χ0n) is 19.9. The lowest BCUT2D eigenvalue weighted by molar-refractivity contribution is -0.127. The third kappa shape index (κ3) is 5.77. The molecule has 1 atom stereocenters. The second-order valence-electron chi connectivity index (χ2n) is 8.46. The van der Waals surface area contributed by atoms with Gasteiger partial charge in [-0.2, -0.15) is 0 Å². The summed E-state index contributed by atoms with van der Waals surface area (Å²) in [5, 5.41) is 2.80. The summed E-state index contributed by atoms with van der Waals surface area (Å²) in [7, 11) is -3.88. The third-order valence-electron chi connectivity index (χ3n) is 5.74. The molecule has 0 bridgehead atoms. The van der Waals surface area contributed by atoms with Crippen molar-refractivity contribution < 1.29 is 22.7 Å². The largest absolute Gasteiger partial charge is 0.492 e. The summed E-state index contributed by atoms with van der Waals surface area (Å²) in [5.41, 5.74) is 2.58. The molecular formula is C27H30N2O5S. The Kier molecular flexibility index (Phi) is 7.60. The number of carbonyl (C=O) groups is 1. The van der Waals surface area contributed by atoms with Gasteiger partial charge in [0.1, 0.15) is 18.1 Å². The Balaban J connectivity index is 1.42. The van der Waals surface area contributed by atoms with E-state index in [0.717, 1.165) is 24.2 Å². The average molecular weight is 495 g/mol. The SMILES string of the molecule is CCCc1ccc(OCCNC(=O)[C@@H]2CN(S(=O)(=O)c3ccccc3)c3ccc(C)cc3O2)cc1. The fourth-order valence-corrected chi connectivity index (χ4v) is 5.44. The summed E-state index contributed by atoms with van der Waals surface area (Å²) in [6, 6.07) is 21.4. The molecule has 1 aliphatic heterocycles. The topological polar surface area (TPSA) is 84.9 Å². The minimum absolute atomic E-state index is 0.126. The van der Waals surface area contributed by atoms with Crippen molar-refractivity contribution in [3.05, 3.63) is 83.9 Å². The zero-order valence-corrected chi connectivity index (χ0v) is 20.8. The molecular weight excluding hydrogens is 464 g/mol. The fraction of sp³-hybridized carbons (Fsp3) is 0.296. The van der Waals surface area contributed by atoms with Crippen LogP contribution in [0.2, 0.25) is 0 Å². The maximum absolute atomic E-state index is 13.4. The molecule has 1 aliphatic rings. The lowest BCUT2D eigenvalue weighted by Crippen LogP contribution is -2.51. The van der Waals surface area contributed by atoms with Gasteiger partial charge < -0.3 is 14.8 Å². The van der Waals surface area contributed by atoms with Crippen molar-refractivity contribution in [3.8, 4) is 11.5 Å². The van der Waals surface area contributed by atoms with Crippen LogP contribution in [0.25, 0.3) is 0 Å². The van der Waals surface area contributed by atoms with E-state index in [1.807, 2.05) is 37.3 Å². The highest BCUT2D eigenvalue weighted by atomic mass is 32.2. The number of nitrogens with one attached hydrogen (secondary N) is 1. The van der Waals surface area contributed by atoms with Crippen LogP contribution in [-0.2, 0) is 21.2 Å². The highest BCUT2D eigenvalue weighted by Gasteiger charge is 2.37. The number of sulfonamides is 1. The number of amides is 1. The molecule has 3 aromatic carbocycles. The number of benzene rings is 3. The van der Waals surface area contributed by atoms with E-state index in [9.17, 15) is 13.2 Å². The van der Waals surface area contributed by atoms with Crippen LogP contribution in [0.1, 0.15) is 24.5 Å². The maximum Gasteiger partial charge on any atom is 0.264 e. The van der Waals surface area contributed by atoms with Crippen molar-refractivity contribution in [1.82, 2.24) is 5.32 Å². The number of rotatable bonds is 9. The summed E-state index contributed by atoms with van der Waals surface area (Å²) in [6.07, 6.45) is 1.12. The van der Waals surface area contributed by atoms with Crippen LogP contribution < -0.4 is 19.1 Å². The molecule has 1 heterocycles. The van der Waals surface area contributed by atoms with Gasteiger partial charge >= 0.3 is 0 Å². The van der Waals surface area contributed by atoms with Gasteiger partial charge in [-0.1, -0.05) is 49.7 Å². The van der Waals surface area contributed by atoms with E-state index in [4.69, 9.17) is 9.47 Å². The zero-order chi connectivity index (χ0) is 24.8. The van der Waals surface area contributed by atoms with Gasteiger partial charge in [-0.05, 0) is 60.9 Å². The van der Waals surface area contributed by atoms with Crippen LogP contribution in [0.15, 0.2) is 77.7 Å². The molecule has 184 valence electrons. The van der Waals surface area contributed by atoms with Crippen LogP contribution >= 0.6 is 0 Å². The van der Waals surface area contributed by atoms with Crippen LogP contribution in [0, 0.1) is 6.92 Å². The van der Waals surface area contributed by atoms with Gasteiger partial charge in [-0.25, -0.2) is 8.42 Å². The Morgan fingerprint density at radius 3 is 2.54 bits per heavy atom. The number of carbonyl (C=O) groups excluding carboxylic acids is 1. The van der Waals surface area contributed by atoms with Gasteiger partial charge in [-0.15, -0.1) is 0 Å². The van der Waals surface area contributed by atoms with E-state index >= 15 is 0 Å². The van der Waals surface area contributed by atoms with Crippen molar-refractivity contribution in [2.45, 2.75) is 37.7 Å². The predicted octanol–water partition coefficient (Wildman–Crippen LogP) is 4.10. The van der Waals surface area contributed by atoms with E-state index in [1.165, 1.54) is 9.87 Å². The summed E-state index contributed by atoms with van der Waals surface area (Å²) >= 11 is 0. The third-order valence-corrected chi connectivity index (χ3v) is 7.53. The van der Waals surface area contributed by atoms with Gasteiger partial charge in [-0.3, -0.25) is 9.10 Å². The Morgan fingerprint density at radius 1 is 1.09 bits per heavy atom. The Labute approximate surface area is 206 Å². The van der Waals surface area contributed by atoms with Crippen molar-refractivity contribution in [2.75, 3.05) is 24.0 Å². The molecule has 8 heteroatoms. The monoisotopic (exact) mass is 494 g/mol. The predicted molar refractivity (Wildman–Crippen MR) is 136 cm³/mol. The molecule has 4 rings (SSSR count). The summed E-state index contributed by atoms with van der Waals surface area (Å²) < 4.78 is 39.7. The van der Waals surface area contributed by atoms with Gasteiger partial charge in [0.2, 0.25) is 0 Å². The molecule has 0 fully saturated rings. The first-order valence-electron chi connectivity index (χ1n) is 11.7. The van der Waals surface area contributed by atoms with Crippen LogP contribution in [0.4, 0.5) is 5.69 Å². The summed E-state index contributed by atoms with van der Waals surface area (Å²) in [6.45, 7) is 4.45. The van der Waals surface area contributed by atoms with Gasteiger partial charge in [0, 0.05) is 0 Å². The van der Waals surface area contributed by atoms with Gasteiger partial charge in [0.15, 0.2) is 6.10 Å². The Morgan fingerprint density at radius 2 is 1.83 bits per heavy atom. The molecule has 0 unspecified atom stereocenters. The van der Waals surface area contributed by atoms with Crippen molar-refractivity contribution in [1.29, 1.82) is 0 Å². The number of ether oxygens (including phenoxy) is 2. The van der Waals surface area contributed by atoms with E-state index in [1.54, 1.807) is 42.5 Å². The number of nitrogens with zero attached hydrogens (tertiary/aromatic N) is 1. The van der Waals surface area contributed by atoms with Crippen molar-refractivity contribution >= 4 is 21.6 Å². The lowest BCUT2D eigenvalue weighted by Gasteiger charge is -2.35. The van der Waals surface area contributed by atoms with Crippen LogP contribution in [0.3, 0.4) is 0 Å². The number of hydrogen-bond acceptors (Lipinski definition) is 5. The first-order valence-corrected chi connectivity index (χ1v) is 13.2. The lowest BCUT2D eigenvalue weighted by atomic mass is 10.1. The molecule has 1 N–H and O–H groups in total. The number of aryl methyl sites for hydroxylation is 2. The number of hydrogen-bond donors (Lipinski definition) is 1. The smallest absolute Gasteiger partial charge is 0.264 e. The molecule has 7 nitrogen and oxygen atoms in total. The molecule has 0 aliphatic carbocycles. The van der Waals surface area contributed by atoms with E-state index < -0.39 is 22.0 Å². The van der Waals surface area contributed by atoms with Crippen molar-refractivity contribution in [3.63, 3.8) is 0 Å². The fourth-order valence-electron chi connectivity index (χ4n) is 3.94. The molecule has 3 aromatic rings. The average Bonchev–Trinajstić information content (AvgIpc) is 2.87. The molecule has 0 saturated heterocycles. The molecule has 0 spiro atoms. The van der Waals surface area contributed by atoms with E-state index in [2.05, 4.69) is 12.2 Å². The Hall–Kier alpha value is -3.52. The summed E-state index contributed by atoms with van der Waals surface area (Å²) in [5.74, 6) is 0.698. The molecule has 1 amide bonds. The minimum atomic E-state index is -3.88. The quantitative estimate of drug-likeness (QED) is 0.453. The van der Waals surface area contributed by atoms with Gasteiger partial charge in [0.25, 0.3) is 15.9 Å². The molecule has 35 heavy (non-hydrogen) atoms. The van der Waals surface area contributed by atoms with E-state index in [-0.39, 0.29) is 24.6 Å². The highest BCUT2D eigenvalue weighted by Crippen LogP contribution is 2.37. The van der Waals surface area contributed by atoms with E-state index in [0.29, 0.717) is 11.4 Å².